The van der Waals surface area contributed by atoms with Crippen molar-refractivity contribution in [3.05, 3.63) is 17.5 Å². The van der Waals surface area contributed by atoms with Crippen LogP contribution in [-0.4, -0.2) is 43.9 Å². The second kappa shape index (κ2) is 7.11. The minimum absolute atomic E-state index is 0.00276. The minimum atomic E-state index is -0.505. The van der Waals surface area contributed by atoms with Crippen LogP contribution in [0, 0.1) is 0 Å². The highest BCUT2D eigenvalue weighted by atomic mass is 32.1. The van der Waals surface area contributed by atoms with Crippen LogP contribution in [0.2, 0.25) is 0 Å². The molecule has 1 amide bonds. The van der Waals surface area contributed by atoms with Crippen LogP contribution in [0.1, 0.15) is 19.8 Å². The first-order chi connectivity index (χ1) is 9.69. The van der Waals surface area contributed by atoms with Gasteiger partial charge in [0.25, 0.3) is 0 Å². The van der Waals surface area contributed by atoms with Crippen LogP contribution in [0.5, 0.6) is 0 Å². The highest BCUT2D eigenvalue weighted by Gasteiger charge is 2.11. The highest BCUT2D eigenvalue weighted by Crippen LogP contribution is 2.19. The number of aliphatic hydroxyl groups is 1. The number of carbonyl (C=O) groups excluding carboxylic acids is 1. The molecular weight excluding hydrogens is 278 g/mol. The standard InChI is InChI=1S/C12H17N5O2S/c1-2-4-9(18)7-13-11(19)8-17-15-12(14-16-17)10-5-3-6-20-10/h3,5-6,9,18H,2,4,7-8H2,1H3,(H,13,19). The molecule has 0 aromatic carbocycles. The summed E-state index contributed by atoms with van der Waals surface area (Å²) in [4.78, 5) is 13.8. The number of thiophene rings is 1. The zero-order valence-corrected chi connectivity index (χ0v) is 12.0. The zero-order valence-electron chi connectivity index (χ0n) is 11.2. The third-order valence-corrected chi connectivity index (χ3v) is 3.50. The smallest absolute Gasteiger partial charge is 0.243 e. The normalized spacial score (nSPS) is 12.3. The maximum absolute atomic E-state index is 11.7. The van der Waals surface area contributed by atoms with Gasteiger partial charge in [-0.3, -0.25) is 4.79 Å². The quantitative estimate of drug-likeness (QED) is 0.783. The van der Waals surface area contributed by atoms with Gasteiger partial charge in [0.1, 0.15) is 6.54 Å². The zero-order chi connectivity index (χ0) is 14.4. The van der Waals surface area contributed by atoms with E-state index in [1.165, 1.54) is 16.1 Å². The lowest BCUT2D eigenvalue weighted by Crippen LogP contribution is -2.34. The van der Waals surface area contributed by atoms with Gasteiger partial charge >= 0.3 is 0 Å². The SMILES string of the molecule is CCCC(O)CNC(=O)Cn1nnc(-c2cccs2)n1. The number of rotatable bonds is 7. The lowest BCUT2D eigenvalue weighted by molar-refractivity contribution is -0.122. The van der Waals surface area contributed by atoms with Gasteiger partial charge in [-0.15, -0.1) is 21.5 Å². The molecule has 0 fully saturated rings. The summed E-state index contributed by atoms with van der Waals surface area (Å²) >= 11 is 1.52. The van der Waals surface area contributed by atoms with Crippen molar-refractivity contribution >= 4 is 17.2 Å². The molecule has 1 atom stereocenters. The number of aliphatic hydroxyl groups excluding tert-OH is 1. The molecule has 0 aliphatic rings. The van der Waals surface area contributed by atoms with Gasteiger partial charge < -0.3 is 10.4 Å². The molecule has 8 heteroatoms. The Bertz CT molecular complexity index is 540. The van der Waals surface area contributed by atoms with E-state index in [-0.39, 0.29) is 19.0 Å². The van der Waals surface area contributed by atoms with Crippen LogP contribution in [0.25, 0.3) is 10.7 Å². The molecule has 7 nitrogen and oxygen atoms in total. The summed E-state index contributed by atoms with van der Waals surface area (Å²) in [6, 6.07) is 3.80. The summed E-state index contributed by atoms with van der Waals surface area (Å²) in [7, 11) is 0. The fourth-order valence-corrected chi connectivity index (χ4v) is 2.31. The predicted octanol–water partition coefficient (Wildman–Crippen LogP) is 0.679. The van der Waals surface area contributed by atoms with E-state index in [9.17, 15) is 9.90 Å². The second-order valence-electron chi connectivity index (χ2n) is 4.37. The van der Waals surface area contributed by atoms with Crippen molar-refractivity contribution in [3.63, 3.8) is 0 Å². The molecule has 20 heavy (non-hydrogen) atoms. The maximum Gasteiger partial charge on any atom is 0.243 e. The highest BCUT2D eigenvalue weighted by molar-refractivity contribution is 7.13. The number of hydrogen-bond donors (Lipinski definition) is 2. The largest absolute Gasteiger partial charge is 0.391 e. The molecule has 0 bridgehead atoms. The molecule has 0 saturated carbocycles. The Morgan fingerprint density at radius 2 is 2.45 bits per heavy atom. The van der Waals surface area contributed by atoms with Crippen molar-refractivity contribution in [1.82, 2.24) is 25.5 Å². The Balaban J connectivity index is 1.83. The van der Waals surface area contributed by atoms with E-state index in [0.29, 0.717) is 12.2 Å². The van der Waals surface area contributed by atoms with Crippen LogP contribution >= 0.6 is 11.3 Å². The van der Waals surface area contributed by atoms with E-state index in [1.54, 1.807) is 0 Å². The number of hydrogen-bond acceptors (Lipinski definition) is 6. The summed E-state index contributed by atoms with van der Waals surface area (Å²) in [5, 5.41) is 26.0. The molecule has 2 N–H and O–H groups in total. The minimum Gasteiger partial charge on any atom is -0.391 e. The van der Waals surface area contributed by atoms with Gasteiger partial charge in [-0.25, -0.2) is 0 Å². The summed E-state index contributed by atoms with van der Waals surface area (Å²) in [5.74, 6) is 0.272. The van der Waals surface area contributed by atoms with Crippen LogP contribution in [0.4, 0.5) is 0 Å². The molecular formula is C12H17N5O2S. The van der Waals surface area contributed by atoms with Gasteiger partial charge in [-0.1, -0.05) is 19.4 Å². The van der Waals surface area contributed by atoms with Gasteiger partial charge in [-0.2, -0.15) is 4.80 Å². The molecule has 2 rings (SSSR count). The molecule has 2 aromatic rings. The van der Waals surface area contributed by atoms with Crippen LogP contribution in [-0.2, 0) is 11.3 Å². The first-order valence-electron chi connectivity index (χ1n) is 6.45. The first kappa shape index (κ1) is 14.6. The molecule has 0 aliphatic heterocycles. The van der Waals surface area contributed by atoms with Crippen LogP contribution < -0.4 is 5.32 Å². The summed E-state index contributed by atoms with van der Waals surface area (Å²) in [5.41, 5.74) is 0. The molecule has 1 unspecified atom stereocenters. The van der Waals surface area contributed by atoms with Crippen molar-refractivity contribution in [2.24, 2.45) is 0 Å². The molecule has 2 heterocycles. The predicted molar refractivity (Wildman–Crippen MR) is 75.1 cm³/mol. The van der Waals surface area contributed by atoms with Crippen molar-refractivity contribution < 1.29 is 9.90 Å². The summed E-state index contributed by atoms with van der Waals surface area (Å²) in [6.45, 7) is 2.23. The lowest BCUT2D eigenvalue weighted by atomic mass is 10.2. The molecule has 2 aromatic heterocycles. The Morgan fingerprint density at radius 3 is 3.15 bits per heavy atom. The number of nitrogens with zero attached hydrogens (tertiary/aromatic N) is 4. The number of nitrogens with one attached hydrogen (secondary N) is 1. The van der Waals surface area contributed by atoms with Crippen LogP contribution in [0.3, 0.4) is 0 Å². The Labute approximate surface area is 120 Å². The third kappa shape index (κ3) is 4.10. The van der Waals surface area contributed by atoms with Gasteiger partial charge in [-0.05, 0) is 23.1 Å². The number of amides is 1. The summed E-state index contributed by atoms with van der Waals surface area (Å²) < 4.78 is 0. The molecule has 0 saturated heterocycles. The summed E-state index contributed by atoms with van der Waals surface area (Å²) in [6.07, 6.45) is 1.05. The van der Waals surface area contributed by atoms with E-state index >= 15 is 0 Å². The van der Waals surface area contributed by atoms with Gasteiger partial charge in [0, 0.05) is 6.54 Å². The van der Waals surface area contributed by atoms with Gasteiger partial charge in [0.05, 0.1) is 11.0 Å². The molecule has 0 spiro atoms. The van der Waals surface area contributed by atoms with E-state index in [2.05, 4.69) is 20.7 Å². The molecule has 0 radical (unpaired) electrons. The van der Waals surface area contributed by atoms with Crippen molar-refractivity contribution in [3.8, 4) is 10.7 Å². The van der Waals surface area contributed by atoms with E-state index in [4.69, 9.17) is 0 Å². The van der Waals surface area contributed by atoms with Crippen LogP contribution in [0.15, 0.2) is 17.5 Å². The van der Waals surface area contributed by atoms with Crippen molar-refractivity contribution in [2.45, 2.75) is 32.4 Å². The third-order valence-electron chi connectivity index (χ3n) is 2.64. The fraction of sp³-hybridized carbons (Fsp3) is 0.500. The second-order valence-corrected chi connectivity index (χ2v) is 5.32. The average Bonchev–Trinajstić information content (AvgIpc) is 3.07. The topological polar surface area (TPSA) is 92.9 Å². The molecule has 0 aliphatic carbocycles. The lowest BCUT2D eigenvalue weighted by Gasteiger charge is -2.09. The van der Waals surface area contributed by atoms with Gasteiger partial charge in [0.2, 0.25) is 11.7 Å². The van der Waals surface area contributed by atoms with E-state index in [0.717, 1.165) is 11.3 Å². The average molecular weight is 295 g/mol. The van der Waals surface area contributed by atoms with E-state index in [1.807, 2.05) is 24.4 Å². The fourth-order valence-electron chi connectivity index (χ4n) is 1.67. The van der Waals surface area contributed by atoms with Crippen molar-refractivity contribution in [2.75, 3.05) is 6.54 Å². The number of carbonyl (C=O) groups is 1. The van der Waals surface area contributed by atoms with Crippen molar-refractivity contribution in [1.29, 1.82) is 0 Å². The Hall–Kier alpha value is -1.80. The van der Waals surface area contributed by atoms with E-state index < -0.39 is 6.10 Å². The Morgan fingerprint density at radius 1 is 1.60 bits per heavy atom. The number of tetrazole rings is 1. The Kier molecular flexibility index (Phi) is 5.19. The van der Waals surface area contributed by atoms with Gasteiger partial charge in [0.15, 0.2) is 0 Å². The maximum atomic E-state index is 11.7. The molecule has 108 valence electrons. The monoisotopic (exact) mass is 295 g/mol. The first-order valence-corrected chi connectivity index (χ1v) is 7.33. The number of aromatic nitrogens is 4.